The van der Waals surface area contributed by atoms with Crippen molar-refractivity contribution in [1.82, 2.24) is 10.6 Å². The number of hydrogen-bond acceptors (Lipinski definition) is 8. The van der Waals surface area contributed by atoms with Gasteiger partial charge in [-0.05, 0) is 32.6 Å². The number of carbonyl (C=O) groups excluding carboxylic acids is 4. The van der Waals surface area contributed by atoms with Gasteiger partial charge in [-0.2, -0.15) is 0 Å². The lowest BCUT2D eigenvalue weighted by molar-refractivity contribution is -0.122. The van der Waals surface area contributed by atoms with E-state index in [2.05, 4.69) is 10.6 Å². The fraction of sp³-hybridized carbons (Fsp3) is 0.826. The van der Waals surface area contributed by atoms with Gasteiger partial charge in [0.15, 0.2) is 0 Å². The molecule has 2 atom stereocenters. The number of nitrogens with one attached hydrogen (secondary N) is 2. The van der Waals surface area contributed by atoms with Crippen LogP contribution in [-0.2, 0) is 19.2 Å². The number of unbranched alkanes of at least 4 members (excludes halogenated alkanes) is 9. The number of aldehydes is 1. The molecule has 0 bridgehead atoms. The second kappa shape index (κ2) is 22.7. The standard InChI is InChI=1S/C23H44N4O4S2/c1-19(29)13-9-5-4-7-11-15-27-23(31)21(25)18-33-32-17-20(24)22(30)26-14-10-6-2-3-8-12-16-28/h16,20-21H,2-15,17-18,24-25H2,1H3,(H,26,30)(H,27,31). The van der Waals surface area contributed by atoms with Crippen molar-refractivity contribution >= 4 is 45.5 Å². The van der Waals surface area contributed by atoms with Crippen LogP contribution < -0.4 is 22.1 Å². The predicted molar refractivity (Wildman–Crippen MR) is 139 cm³/mol. The Morgan fingerprint density at radius 2 is 1.15 bits per heavy atom. The Morgan fingerprint density at radius 1 is 0.727 bits per heavy atom. The molecule has 2 unspecified atom stereocenters. The van der Waals surface area contributed by atoms with Crippen molar-refractivity contribution < 1.29 is 19.2 Å². The molecule has 0 heterocycles. The van der Waals surface area contributed by atoms with Crippen LogP contribution in [0.1, 0.15) is 84.0 Å². The van der Waals surface area contributed by atoms with Gasteiger partial charge in [-0.25, -0.2) is 0 Å². The number of hydrogen-bond donors (Lipinski definition) is 4. The Bertz CT molecular complexity index is 553. The summed E-state index contributed by atoms with van der Waals surface area (Å²) in [4.78, 5) is 45.2. The first kappa shape index (κ1) is 31.9. The SMILES string of the molecule is CC(=O)CCCCCCCNC(=O)C(N)CSSCC(N)C(=O)NCCCCCCCC=O. The number of Topliss-reactive ketones (excluding diaryl/α,β-unsaturated/α-hetero) is 1. The van der Waals surface area contributed by atoms with Crippen molar-refractivity contribution in [3.8, 4) is 0 Å². The van der Waals surface area contributed by atoms with E-state index in [1.807, 2.05) is 0 Å². The maximum absolute atomic E-state index is 12.0. The number of nitrogens with two attached hydrogens (primary N) is 2. The molecule has 0 aliphatic rings. The van der Waals surface area contributed by atoms with Gasteiger partial charge in [0.25, 0.3) is 0 Å². The maximum Gasteiger partial charge on any atom is 0.237 e. The summed E-state index contributed by atoms with van der Waals surface area (Å²) >= 11 is 0. The van der Waals surface area contributed by atoms with Crippen LogP contribution in [0, 0.1) is 0 Å². The molecule has 8 nitrogen and oxygen atoms in total. The van der Waals surface area contributed by atoms with Gasteiger partial charge in [0.05, 0.1) is 12.1 Å². The van der Waals surface area contributed by atoms with E-state index in [1.54, 1.807) is 6.92 Å². The monoisotopic (exact) mass is 504 g/mol. The molecule has 0 radical (unpaired) electrons. The average molecular weight is 505 g/mol. The molecule has 0 aromatic carbocycles. The summed E-state index contributed by atoms with van der Waals surface area (Å²) in [6.07, 6.45) is 12.2. The first-order valence-electron chi connectivity index (χ1n) is 12.1. The highest BCUT2D eigenvalue weighted by Crippen LogP contribution is 2.22. The minimum Gasteiger partial charge on any atom is -0.355 e. The third-order valence-electron chi connectivity index (χ3n) is 5.05. The largest absolute Gasteiger partial charge is 0.355 e. The zero-order chi connectivity index (χ0) is 24.7. The number of ketones is 1. The summed E-state index contributed by atoms with van der Waals surface area (Å²) in [7, 11) is 2.90. The van der Waals surface area contributed by atoms with Crippen molar-refractivity contribution in [1.29, 1.82) is 0 Å². The van der Waals surface area contributed by atoms with E-state index in [0.717, 1.165) is 70.5 Å². The lowest BCUT2D eigenvalue weighted by Crippen LogP contribution is -2.43. The molecule has 2 amide bonds. The third-order valence-corrected chi connectivity index (χ3v) is 7.53. The molecule has 33 heavy (non-hydrogen) atoms. The molecule has 0 aliphatic carbocycles. The van der Waals surface area contributed by atoms with Crippen LogP contribution in [0.15, 0.2) is 0 Å². The highest BCUT2D eigenvalue weighted by Gasteiger charge is 2.16. The third kappa shape index (κ3) is 21.2. The Balaban J connectivity index is 3.62. The summed E-state index contributed by atoms with van der Waals surface area (Å²) in [6.45, 7) is 2.84. The quantitative estimate of drug-likeness (QED) is 0.0944. The molecule has 192 valence electrons. The molecule has 0 spiro atoms. The number of rotatable bonds is 23. The molecular weight excluding hydrogens is 460 g/mol. The smallest absolute Gasteiger partial charge is 0.237 e. The summed E-state index contributed by atoms with van der Waals surface area (Å²) in [5.74, 6) is 0.837. The summed E-state index contributed by atoms with van der Waals surface area (Å²) in [5, 5.41) is 5.72. The normalized spacial score (nSPS) is 12.7. The van der Waals surface area contributed by atoms with Crippen LogP contribution in [0.5, 0.6) is 0 Å². The Kier molecular flexibility index (Phi) is 21.9. The van der Waals surface area contributed by atoms with E-state index >= 15 is 0 Å². The molecule has 10 heteroatoms. The van der Waals surface area contributed by atoms with Gasteiger partial charge in [0.1, 0.15) is 12.1 Å². The summed E-state index contributed by atoms with van der Waals surface area (Å²) < 4.78 is 0. The first-order valence-corrected chi connectivity index (χ1v) is 14.6. The highest BCUT2D eigenvalue weighted by molar-refractivity contribution is 8.76. The summed E-state index contributed by atoms with van der Waals surface area (Å²) in [5.41, 5.74) is 11.9. The lowest BCUT2D eigenvalue weighted by Gasteiger charge is -2.13. The molecule has 0 fully saturated rings. The second-order valence-corrected chi connectivity index (χ2v) is 10.9. The van der Waals surface area contributed by atoms with Crippen LogP contribution in [-0.4, -0.2) is 60.6 Å². The molecule has 0 saturated heterocycles. The van der Waals surface area contributed by atoms with Gasteiger partial charge in [0.2, 0.25) is 11.8 Å². The van der Waals surface area contributed by atoms with E-state index in [1.165, 1.54) is 21.6 Å². The minimum atomic E-state index is -0.588. The van der Waals surface area contributed by atoms with Gasteiger partial charge >= 0.3 is 0 Å². The maximum atomic E-state index is 12.0. The molecule has 0 saturated carbocycles. The van der Waals surface area contributed by atoms with Crippen molar-refractivity contribution in [2.45, 2.75) is 96.1 Å². The Labute approximate surface area is 207 Å². The van der Waals surface area contributed by atoms with E-state index in [-0.39, 0.29) is 17.6 Å². The van der Waals surface area contributed by atoms with Crippen molar-refractivity contribution in [3.05, 3.63) is 0 Å². The summed E-state index contributed by atoms with van der Waals surface area (Å²) in [6, 6.07) is -1.18. The molecule has 6 N–H and O–H groups in total. The fourth-order valence-corrected chi connectivity index (χ4v) is 5.24. The van der Waals surface area contributed by atoms with Gasteiger partial charge < -0.3 is 31.7 Å². The fourth-order valence-electron chi connectivity index (χ4n) is 2.99. The molecule has 0 aromatic heterocycles. The first-order chi connectivity index (χ1) is 15.9. The molecular formula is C23H44N4O4S2. The van der Waals surface area contributed by atoms with E-state index in [4.69, 9.17) is 11.5 Å². The molecule has 0 rings (SSSR count). The molecule has 0 aromatic rings. The minimum absolute atomic E-state index is 0.159. The van der Waals surface area contributed by atoms with Gasteiger partial charge in [0, 0.05) is 37.4 Å². The highest BCUT2D eigenvalue weighted by atomic mass is 33.1. The van der Waals surface area contributed by atoms with Crippen LogP contribution in [0.4, 0.5) is 0 Å². The van der Waals surface area contributed by atoms with E-state index < -0.39 is 12.1 Å². The van der Waals surface area contributed by atoms with Crippen LogP contribution in [0.2, 0.25) is 0 Å². The molecule has 0 aliphatic heterocycles. The topological polar surface area (TPSA) is 144 Å². The van der Waals surface area contributed by atoms with Gasteiger partial charge in [-0.15, -0.1) is 0 Å². The Morgan fingerprint density at radius 3 is 1.61 bits per heavy atom. The predicted octanol–water partition coefficient (Wildman–Crippen LogP) is 2.72. The number of amides is 2. The van der Waals surface area contributed by atoms with Crippen molar-refractivity contribution in [2.75, 3.05) is 24.6 Å². The van der Waals surface area contributed by atoms with Crippen LogP contribution in [0.25, 0.3) is 0 Å². The van der Waals surface area contributed by atoms with E-state index in [0.29, 0.717) is 37.4 Å². The van der Waals surface area contributed by atoms with Crippen LogP contribution >= 0.6 is 21.6 Å². The lowest BCUT2D eigenvalue weighted by atomic mass is 10.1. The second-order valence-electron chi connectivity index (χ2n) is 8.31. The average Bonchev–Trinajstić information content (AvgIpc) is 2.79. The van der Waals surface area contributed by atoms with Crippen molar-refractivity contribution in [2.24, 2.45) is 11.5 Å². The van der Waals surface area contributed by atoms with Crippen LogP contribution in [0.3, 0.4) is 0 Å². The van der Waals surface area contributed by atoms with Crippen molar-refractivity contribution in [3.63, 3.8) is 0 Å². The van der Waals surface area contributed by atoms with E-state index in [9.17, 15) is 19.2 Å². The zero-order valence-electron chi connectivity index (χ0n) is 20.1. The Hall–Kier alpha value is -1.10. The number of carbonyl (C=O) groups is 4. The van der Waals surface area contributed by atoms with Gasteiger partial charge in [-0.3, -0.25) is 9.59 Å². The van der Waals surface area contributed by atoms with Gasteiger partial charge in [-0.1, -0.05) is 60.1 Å². The zero-order valence-corrected chi connectivity index (χ0v) is 21.8.